The summed E-state index contributed by atoms with van der Waals surface area (Å²) in [5, 5.41) is 3.29. The van der Waals surface area contributed by atoms with Crippen molar-refractivity contribution in [2.45, 2.75) is 19.9 Å². The van der Waals surface area contributed by atoms with Gasteiger partial charge in [0, 0.05) is 17.8 Å². The third-order valence-corrected chi connectivity index (χ3v) is 3.19. The highest BCUT2D eigenvalue weighted by Gasteiger charge is 2.34. The third kappa shape index (κ3) is 3.30. The third-order valence-electron chi connectivity index (χ3n) is 3.19. The van der Waals surface area contributed by atoms with Gasteiger partial charge in [-0.3, -0.25) is 9.78 Å². The molecule has 0 amide bonds. The van der Waals surface area contributed by atoms with E-state index in [1.165, 1.54) is 0 Å². The summed E-state index contributed by atoms with van der Waals surface area (Å²) in [6.07, 6.45) is 3.21. The molecule has 1 aromatic rings. The maximum atomic E-state index is 12.5. The largest absolute Gasteiger partial charge is 0.492 e. The number of pyridine rings is 1. The van der Waals surface area contributed by atoms with E-state index >= 15 is 0 Å². The van der Waals surface area contributed by atoms with Gasteiger partial charge < -0.3 is 14.8 Å². The first kappa shape index (κ1) is 14.0. The molecule has 1 fully saturated rings. The molecule has 0 bridgehead atoms. The minimum absolute atomic E-state index is 0.0671. The molecule has 1 aliphatic heterocycles. The molecular weight excluding hydrogens is 244 g/mol. The number of hydrogen-bond donors (Lipinski definition) is 1. The Kier molecular flexibility index (Phi) is 4.87. The van der Waals surface area contributed by atoms with E-state index in [0.717, 1.165) is 6.54 Å². The molecule has 5 heteroatoms. The molecule has 0 saturated carbocycles. The molecule has 19 heavy (non-hydrogen) atoms. The van der Waals surface area contributed by atoms with Crippen molar-refractivity contribution in [3.8, 4) is 5.75 Å². The van der Waals surface area contributed by atoms with Crippen molar-refractivity contribution in [2.75, 3.05) is 26.4 Å². The predicted molar refractivity (Wildman–Crippen MR) is 71.5 cm³/mol. The quantitative estimate of drug-likeness (QED) is 0.784. The van der Waals surface area contributed by atoms with E-state index in [-0.39, 0.29) is 17.7 Å². The van der Waals surface area contributed by atoms with Crippen LogP contribution >= 0.6 is 0 Å². The van der Waals surface area contributed by atoms with E-state index < -0.39 is 0 Å². The fourth-order valence-corrected chi connectivity index (χ4v) is 2.29. The van der Waals surface area contributed by atoms with Crippen LogP contribution in [-0.4, -0.2) is 43.2 Å². The Balaban J connectivity index is 2.12. The highest BCUT2D eigenvalue weighted by molar-refractivity contribution is 5.98. The van der Waals surface area contributed by atoms with E-state index in [2.05, 4.69) is 10.3 Å². The summed E-state index contributed by atoms with van der Waals surface area (Å²) in [4.78, 5) is 16.5. The van der Waals surface area contributed by atoms with Crippen LogP contribution in [0.15, 0.2) is 18.5 Å². The topological polar surface area (TPSA) is 60.5 Å². The lowest BCUT2D eigenvalue weighted by atomic mass is 9.94. The predicted octanol–water partition coefficient (Wildman–Crippen LogP) is 1.29. The average molecular weight is 264 g/mol. The van der Waals surface area contributed by atoms with Gasteiger partial charge in [0.2, 0.25) is 0 Å². The number of ether oxygens (including phenoxy) is 2. The first-order valence-corrected chi connectivity index (χ1v) is 6.69. The van der Waals surface area contributed by atoms with Gasteiger partial charge in [0.05, 0.1) is 31.9 Å². The van der Waals surface area contributed by atoms with Crippen molar-refractivity contribution in [2.24, 2.45) is 5.92 Å². The normalized spacial score (nSPS) is 22.4. The first-order valence-electron chi connectivity index (χ1n) is 6.69. The Bertz CT molecular complexity index is 436. The van der Waals surface area contributed by atoms with E-state index in [0.29, 0.717) is 31.1 Å². The van der Waals surface area contributed by atoms with Crippen LogP contribution in [0.2, 0.25) is 0 Å². The van der Waals surface area contributed by atoms with Crippen LogP contribution in [0.4, 0.5) is 0 Å². The summed E-state index contributed by atoms with van der Waals surface area (Å²) >= 11 is 0. The monoisotopic (exact) mass is 264 g/mol. The van der Waals surface area contributed by atoms with Gasteiger partial charge in [0.15, 0.2) is 5.78 Å². The molecule has 1 saturated heterocycles. The zero-order valence-electron chi connectivity index (χ0n) is 11.4. The smallest absolute Gasteiger partial charge is 0.171 e. The van der Waals surface area contributed by atoms with Crippen LogP contribution in [0.5, 0.6) is 5.75 Å². The highest BCUT2D eigenvalue weighted by Crippen LogP contribution is 2.21. The summed E-state index contributed by atoms with van der Waals surface area (Å²) in [6, 6.07) is 1.84. The minimum atomic E-state index is -0.140. The maximum absolute atomic E-state index is 12.5. The minimum Gasteiger partial charge on any atom is -0.492 e. The van der Waals surface area contributed by atoms with Crippen molar-refractivity contribution >= 4 is 5.78 Å². The number of rotatable bonds is 6. The van der Waals surface area contributed by atoms with Gasteiger partial charge in [-0.2, -0.15) is 0 Å². The molecular formula is C14H20N2O3. The number of carbonyl (C=O) groups is 1. The van der Waals surface area contributed by atoms with Gasteiger partial charge in [-0.1, -0.05) is 6.92 Å². The summed E-state index contributed by atoms with van der Waals surface area (Å²) in [5.41, 5.74) is 0.587. The SMILES string of the molecule is CCNC1COCC1C(=O)c1cncc(OCC)c1. The standard InChI is InChI=1S/C14H20N2O3/c1-3-16-13-9-18-8-12(13)14(17)10-5-11(19-4-2)7-15-6-10/h5-7,12-13,16H,3-4,8-9H2,1-2H3. The Morgan fingerprint density at radius 1 is 1.47 bits per heavy atom. The molecule has 2 rings (SSSR count). The van der Waals surface area contributed by atoms with Crippen LogP contribution in [0, 0.1) is 5.92 Å². The van der Waals surface area contributed by atoms with Crippen molar-refractivity contribution < 1.29 is 14.3 Å². The Morgan fingerprint density at radius 3 is 3.05 bits per heavy atom. The maximum Gasteiger partial charge on any atom is 0.171 e. The lowest BCUT2D eigenvalue weighted by Gasteiger charge is -2.17. The number of nitrogens with zero attached hydrogens (tertiary/aromatic N) is 1. The van der Waals surface area contributed by atoms with Crippen LogP contribution in [-0.2, 0) is 4.74 Å². The Labute approximate surface area is 113 Å². The fourth-order valence-electron chi connectivity index (χ4n) is 2.29. The Hall–Kier alpha value is -1.46. The van der Waals surface area contributed by atoms with E-state index in [1.807, 2.05) is 13.8 Å². The van der Waals surface area contributed by atoms with Gasteiger partial charge in [-0.25, -0.2) is 0 Å². The molecule has 1 aromatic heterocycles. The van der Waals surface area contributed by atoms with Crippen LogP contribution in [0.3, 0.4) is 0 Å². The van der Waals surface area contributed by atoms with E-state index in [9.17, 15) is 4.79 Å². The van der Waals surface area contributed by atoms with Gasteiger partial charge in [0.25, 0.3) is 0 Å². The molecule has 104 valence electrons. The molecule has 5 nitrogen and oxygen atoms in total. The van der Waals surface area contributed by atoms with Crippen molar-refractivity contribution in [1.82, 2.24) is 10.3 Å². The number of Topliss-reactive ketones (excluding diaryl/α,β-unsaturated/α-hetero) is 1. The second-order valence-electron chi connectivity index (χ2n) is 4.51. The highest BCUT2D eigenvalue weighted by atomic mass is 16.5. The molecule has 2 unspecified atom stereocenters. The molecule has 0 aromatic carbocycles. The summed E-state index contributed by atoms with van der Waals surface area (Å²) < 4.78 is 10.8. The second kappa shape index (κ2) is 6.63. The molecule has 0 spiro atoms. The number of aromatic nitrogens is 1. The zero-order chi connectivity index (χ0) is 13.7. The van der Waals surface area contributed by atoms with Gasteiger partial charge in [-0.15, -0.1) is 0 Å². The summed E-state index contributed by atoms with van der Waals surface area (Å²) in [7, 11) is 0. The lowest BCUT2D eigenvalue weighted by Crippen LogP contribution is -2.39. The second-order valence-corrected chi connectivity index (χ2v) is 4.51. The number of hydrogen-bond acceptors (Lipinski definition) is 5. The van der Waals surface area contributed by atoms with Crippen LogP contribution in [0.25, 0.3) is 0 Å². The molecule has 1 aliphatic rings. The average Bonchev–Trinajstić information content (AvgIpc) is 2.87. The fraction of sp³-hybridized carbons (Fsp3) is 0.571. The molecule has 2 atom stereocenters. The lowest BCUT2D eigenvalue weighted by molar-refractivity contribution is 0.0891. The van der Waals surface area contributed by atoms with Crippen LogP contribution < -0.4 is 10.1 Å². The zero-order valence-corrected chi connectivity index (χ0v) is 11.4. The number of ketones is 1. The molecule has 2 heterocycles. The molecule has 0 aliphatic carbocycles. The number of likely N-dealkylation sites (N-methyl/N-ethyl adjacent to an activating group) is 1. The number of carbonyl (C=O) groups excluding carboxylic acids is 1. The molecule has 1 N–H and O–H groups in total. The van der Waals surface area contributed by atoms with Crippen molar-refractivity contribution in [3.63, 3.8) is 0 Å². The van der Waals surface area contributed by atoms with Gasteiger partial charge in [0.1, 0.15) is 5.75 Å². The first-order chi connectivity index (χ1) is 9.26. The molecule has 0 radical (unpaired) electrons. The van der Waals surface area contributed by atoms with E-state index in [1.54, 1.807) is 18.5 Å². The van der Waals surface area contributed by atoms with E-state index in [4.69, 9.17) is 9.47 Å². The number of nitrogens with one attached hydrogen (secondary N) is 1. The summed E-state index contributed by atoms with van der Waals surface area (Å²) in [6.45, 7) is 6.37. The van der Waals surface area contributed by atoms with Gasteiger partial charge in [-0.05, 0) is 19.5 Å². The van der Waals surface area contributed by atoms with Crippen LogP contribution in [0.1, 0.15) is 24.2 Å². The van der Waals surface area contributed by atoms with Gasteiger partial charge >= 0.3 is 0 Å². The summed E-state index contributed by atoms with van der Waals surface area (Å²) in [5.74, 6) is 0.559. The van der Waals surface area contributed by atoms with Crippen molar-refractivity contribution in [3.05, 3.63) is 24.0 Å². The Morgan fingerprint density at radius 2 is 2.32 bits per heavy atom. The van der Waals surface area contributed by atoms with Crippen molar-refractivity contribution in [1.29, 1.82) is 0 Å².